The first-order valence-corrected chi connectivity index (χ1v) is 8.29. The third-order valence-corrected chi connectivity index (χ3v) is 3.88. The molecular weight excluding hydrogens is 294 g/mol. The number of amides is 1. The van der Waals surface area contributed by atoms with Gasteiger partial charge in [0.1, 0.15) is 11.4 Å². The minimum absolute atomic E-state index is 0.205. The van der Waals surface area contributed by atoms with Gasteiger partial charge < -0.3 is 19.4 Å². The van der Waals surface area contributed by atoms with E-state index in [0.717, 1.165) is 51.6 Å². The fourth-order valence-electron chi connectivity index (χ4n) is 2.50. The predicted molar refractivity (Wildman–Crippen MR) is 89.4 cm³/mol. The molecule has 0 unspecified atom stereocenters. The lowest BCUT2D eigenvalue weighted by molar-refractivity contribution is 0.0146. The number of ether oxygens (including phenoxy) is 1. The number of hydrogen-bond donors (Lipinski definition) is 1. The maximum Gasteiger partial charge on any atom is 0.410 e. The fourth-order valence-corrected chi connectivity index (χ4v) is 2.50. The van der Waals surface area contributed by atoms with Crippen molar-refractivity contribution in [2.45, 2.75) is 39.8 Å². The molecule has 1 aliphatic heterocycles. The number of carbonyl (C=O) groups excluding carboxylic acids is 1. The molecule has 0 radical (unpaired) electrons. The number of aryl methyl sites for hydroxylation is 1. The highest BCUT2D eigenvalue weighted by molar-refractivity contribution is 5.68. The highest BCUT2D eigenvalue weighted by atomic mass is 16.6. The summed E-state index contributed by atoms with van der Waals surface area (Å²) in [5.41, 5.74) is 0.755. The topological polar surface area (TPSA) is 58.0 Å². The Morgan fingerprint density at radius 1 is 1.30 bits per heavy atom. The molecule has 1 aromatic heterocycles. The van der Waals surface area contributed by atoms with E-state index in [0.29, 0.717) is 0 Å². The van der Waals surface area contributed by atoms with Crippen molar-refractivity contribution in [1.29, 1.82) is 0 Å². The standard InChI is InChI=1S/C17H29N3O3/c1-14-5-12-22-15(14)13-18-6-7-19-8-10-20(11-9-19)16(21)23-17(2,3)4/h5,12,18H,6-11,13H2,1-4H3. The Morgan fingerprint density at radius 2 is 2.00 bits per heavy atom. The van der Waals surface area contributed by atoms with E-state index in [9.17, 15) is 4.79 Å². The van der Waals surface area contributed by atoms with Crippen LogP contribution in [0.2, 0.25) is 0 Å². The van der Waals surface area contributed by atoms with Crippen molar-refractivity contribution >= 4 is 6.09 Å². The van der Waals surface area contributed by atoms with Crippen LogP contribution in [-0.4, -0.2) is 60.8 Å². The summed E-state index contributed by atoms with van der Waals surface area (Å²) in [4.78, 5) is 16.2. The van der Waals surface area contributed by atoms with E-state index in [1.807, 2.05) is 26.8 Å². The molecule has 0 aliphatic carbocycles. The molecule has 23 heavy (non-hydrogen) atoms. The van der Waals surface area contributed by atoms with E-state index in [1.54, 1.807) is 11.2 Å². The predicted octanol–water partition coefficient (Wildman–Crippen LogP) is 2.23. The zero-order chi connectivity index (χ0) is 16.9. The van der Waals surface area contributed by atoms with E-state index in [1.165, 1.54) is 5.56 Å². The maximum absolute atomic E-state index is 12.0. The molecular formula is C17H29N3O3. The average molecular weight is 323 g/mol. The molecule has 2 heterocycles. The van der Waals surface area contributed by atoms with Gasteiger partial charge in [0.15, 0.2) is 0 Å². The molecule has 130 valence electrons. The SMILES string of the molecule is Cc1ccoc1CNCCN1CCN(C(=O)OC(C)(C)C)CC1. The van der Waals surface area contributed by atoms with Crippen LogP contribution in [0.15, 0.2) is 16.7 Å². The number of nitrogens with one attached hydrogen (secondary N) is 1. The highest BCUT2D eigenvalue weighted by Gasteiger charge is 2.25. The third kappa shape index (κ3) is 5.88. The second kappa shape index (κ2) is 7.84. The molecule has 1 aromatic rings. The van der Waals surface area contributed by atoms with Crippen LogP contribution in [0.3, 0.4) is 0 Å². The number of piperazine rings is 1. The van der Waals surface area contributed by atoms with Crippen molar-refractivity contribution in [1.82, 2.24) is 15.1 Å². The first kappa shape index (κ1) is 17.8. The van der Waals surface area contributed by atoms with Gasteiger partial charge in [0.05, 0.1) is 12.8 Å². The zero-order valence-corrected chi connectivity index (χ0v) is 14.7. The monoisotopic (exact) mass is 323 g/mol. The van der Waals surface area contributed by atoms with Gasteiger partial charge in [-0.1, -0.05) is 0 Å². The Morgan fingerprint density at radius 3 is 2.57 bits per heavy atom. The van der Waals surface area contributed by atoms with Crippen LogP contribution >= 0.6 is 0 Å². The lowest BCUT2D eigenvalue weighted by atomic mass is 10.2. The zero-order valence-electron chi connectivity index (χ0n) is 14.7. The molecule has 0 saturated carbocycles. The van der Waals surface area contributed by atoms with Crippen LogP contribution in [-0.2, 0) is 11.3 Å². The van der Waals surface area contributed by atoms with E-state index in [4.69, 9.17) is 9.15 Å². The quantitative estimate of drug-likeness (QED) is 0.842. The van der Waals surface area contributed by atoms with E-state index in [-0.39, 0.29) is 6.09 Å². The summed E-state index contributed by atoms with van der Waals surface area (Å²) < 4.78 is 10.8. The third-order valence-electron chi connectivity index (χ3n) is 3.88. The first-order valence-electron chi connectivity index (χ1n) is 8.29. The molecule has 6 nitrogen and oxygen atoms in total. The Hall–Kier alpha value is -1.53. The molecule has 0 aromatic carbocycles. The van der Waals surface area contributed by atoms with E-state index in [2.05, 4.69) is 17.1 Å². The number of nitrogens with zero attached hydrogens (tertiary/aromatic N) is 2. The van der Waals surface area contributed by atoms with Crippen LogP contribution < -0.4 is 5.32 Å². The van der Waals surface area contributed by atoms with Gasteiger partial charge in [-0.25, -0.2) is 4.79 Å². The largest absolute Gasteiger partial charge is 0.468 e. The number of carbonyl (C=O) groups is 1. The fraction of sp³-hybridized carbons (Fsp3) is 0.706. The highest BCUT2D eigenvalue weighted by Crippen LogP contribution is 2.12. The second-order valence-electron chi connectivity index (χ2n) is 7.01. The van der Waals surface area contributed by atoms with Crippen LogP contribution in [0.4, 0.5) is 4.79 Å². The van der Waals surface area contributed by atoms with Gasteiger partial charge in [0, 0.05) is 39.3 Å². The summed E-state index contributed by atoms with van der Waals surface area (Å²) in [6, 6.07) is 1.98. The molecule has 1 N–H and O–H groups in total. The van der Waals surface area contributed by atoms with Crippen molar-refractivity contribution in [3.05, 3.63) is 23.7 Å². The lowest BCUT2D eigenvalue weighted by Gasteiger charge is -2.35. The summed E-state index contributed by atoms with van der Waals surface area (Å²) in [6.45, 7) is 13.6. The van der Waals surface area contributed by atoms with Crippen molar-refractivity contribution in [3.63, 3.8) is 0 Å². The molecule has 1 amide bonds. The van der Waals surface area contributed by atoms with Crippen LogP contribution in [0.25, 0.3) is 0 Å². The molecule has 0 bridgehead atoms. The van der Waals surface area contributed by atoms with Crippen LogP contribution in [0, 0.1) is 6.92 Å². The van der Waals surface area contributed by atoms with Crippen LogP contribution in [0.5, 0.6) is 0 Å². The van der Waals surface area contributed by atoms with Crippen molar-refractivity contribution in [3.8, 4) is 0 Å². The van der Waals surface area contributed by atoms with E-state index < -0.39 is 5.60 Å². The summed E-state index contributed by atoms with van der Waals surface area (Å²) >= 11 is 0. The second-order valence-corrected chi connectivity index (χ2v) is 7.01. The van der Waals surface area contributed by atoms with Crippen molar-refractivity contribution in [2.75, 3.05) is 39.3 Å². The number of hydrogen-bond acceptors (Lipinski definition) is 5. The van der Waals surface area contributed by atoms with E-state index >= 15 is 0 Å². The summed E-state index contributed by atoms with van der Waals surface area (Å²) in [7, 11) is 0. The van der Waals surface area contributed by atoms with Gasteiger partial charge in [-0.3, -0.25) is 4.90 Å². The van der Waals surface area contributed by atoms with Gasteiger partial charge in [-0.05, 0) is 39.3 Å². The molecule has 0 spiro atoms. The normalized spacial score (nSPS) is 16.6. The minimum atomic E-state index is -0.428. The van der Waals surface area contributed by atoms with Gasteiger partial charge in [-0.15, -0.1) is 0 Å². The Labute approximate surface area is 138 Å². The molecule has 2 rings (SSSR count). The Balaban J connectivity index is 1.61. The van der Waals surface area contributed by atoms with Gasteiger partial charge >= 0.3 is 6.09 Å². The summed E-state index contributed by atoms with van der Waals surface area (Å²) in [6.07, 6.45) is 1.52. The Bertz CT molecular complexity index is 499. The van der Waals surface area contributed by atoms with Gasteiger partial charge in [0.2, 0.25) is 0 Å². The van der Waals surface area contributed by atoms with Gasteiger partial charge in [0.25, 0.3) is 0 Å². The van der Waals surface area contributed by atoms with Crippen molar-refractivity contribution in [2.24, 2.45) is 0 Å². The smallest absolute Gasteiger partial charge is 0.410 e. The number of rotatable bonds is 5. The number of furan rings is 1. The molecule has 0 atom stereocenters. The van der Waals surface area contributed by atoms with Crippen LogP contribution in [0.1, 0.15) is 32.1 Å². The van der Waals surface area contributed by atoms with Gasteiger partial charge in [-0.2, -0.15) is 0 Å². The lowest BCUT2D eigenvalue weighted by Crippen LogP contribution is -2.51. The minimum Gasteiger partial charge on any atom is -0.468 e. The Kier molecular flexibility index (Phi) is 6.07. The molecule has 6 heteroatoms. The molecule has 1 aliphatic rings. The molecule has 1 fully saturated rings. The summed E-state index contributed by atoms with van der Waals surface area (Å²) in [5.74, 6) is 1.000. The summed E-state index contributed by atoms with van der Waals surface area (Å²) in [5, 5.41) is 3.40. The van der Waals surface area contributed by atoms with Crippen molar-refractivity contribution < 1.29 is 13.9 Å². The first-order chi connectivity index (χ1) is 10.8. The average Bonchev–Trinajstić information content (AvgIpc) is 2.88. The molecule has 1 saturated heterocycles. The maximum atomic E-state index is 12.0.